The molecule has 0 bridgehead atoms. The number of ether oxygens (including phenoxy) is 1. The van der Waals surface area contributed by atoms with Crippen LogP contribution in [0.3, 0.4) is 0 Å². The summed E-state index contributed by atoms with van der Waals surface area (Å²) in [6, 6.07) is 16.5. The Morgan fingerprint density at radius 3 is 2.41 bits per heavy atom. The lowest BCUT2D eigenvalue weighted by atomic mass is 10.2. The van der Waals surface area contributed by atoms with Gasteiger partial charge in [0.25, 0.3) is 5.69 Å². The van der Waals surface area contributed by atoms with Crippen molar-refractivity contribution in [1.29, 1.82) is 0 Å². The van der Waals surface area contributed by atoms with Crippen molar-refractivity contribution >= 4 is 35.6 Å². The molecule has 0 fully saturated rings. The van der Waals surface area contributed by atoms with Crippen molar-refractivity contribution in [2.75, 3.05) is 13.7 Å². The first kappa shape index (κ1) is 22.8. The molecule has 0 aliphatic rings. The Balaban J connectivity index is 0.00000364. The third kappa shape index (κ3) is 8.35. The molecule has 0 aromatic heterocycles. The summed E-state index contributed by atoms with van der Waals surface area (Å²) < 4.78 is 5.16. The van der Waals surface area contributed by atoms with Gasteiger partial charge in [-0.2, -0.15) is 0 Å². The van der Waals surface area contributed by atoms with Gasteiger partial charge in [-0.1, -0.05) is 42.5 Å². The molecule has 1 atom stereocenters. The molecule has 0 aliphatic carbocycles. The first-order valence-corrected chi connectivity index (χ1v) is 8.39. The molecular weight excluding hydrogens is 459 g/mol. The highest BCUT2D eigenvalue weighted by molar-refractivity contribution is 14.0. The molecule has 0 radical (unpaired) electrons. The standard InChI is InChI=1S/C19H24N4O3.HI/c1-15(14-26-2)22-19(20-12-16-6-4-3-5-7-16)21-13-17-8-10-18(11-9-17)23(24)25;/h3-11,15H,12-14H2,1-2H3,(H2,20,21,22);1H. The summed E-state index contributed by atoms with van der Waals surface area (Å²) in [5.74, 6) is 0.664. The minimum atomic E-state index is -0.405. The van der Waals surface area contributed by atoms with Crippen LogP contribution in [0.1, 0.15) is 18.1 Å². The van der Waals surface area contributed by atoms with Crippen LogP contribution in [0, 0.1) is 10.1 Å². The zero-order valence-electron chi connectivity index (χ0n) is 15.4. The third-order valence-electron chi connectivity index (χ3n) is 3.67. The molecule has 8 heteroatoms. The maximum Gasteiger partial charge on any atom is 0.269 e. The minimum absolute atomic E-state index is 0. The van der Waals surface area contributed by atoms with Gasteiger partial charge in [-0.15, -0.1) is 24.0 Å². The number of aliphatic imine (C=N–C) groups is 1. The van der Waals surface area contributed by atoms with Crippen molar-refractivity contribution < 1.29 is 9.66 Å². The number of halogens is 1. The van der Waals surface area contributed by atoms with Crippen LogP contribution >= 0.6 is 24.0 Å². The minimum Gasteiger partial charge on any atom is -0.383 e. The maximum absolute atomic E-state index is 10.7. The lowest BCUT2D eigenvalue weighted by Gasteiger charge is -2.18. The third-order valence-corrected chi connectivity index (χ3v) is 3.67. The van der Waals surface area contributed by atoms with E-state index >= 15 is 0 Å². The van der Waals surface area contributed by atoms with Gasteiger partial charge in [0.05, 0.1) is 18.1 Å². The Hall–Kier alpha value is -2.20. The van der Waals surface area contributed by atoms with E-state index in [1.165, 1.54) is 12.1 Å². The van der Waals surface area contributed by atoms with Crippen LogP contribution in [0.5, 0.6) is 0 Å². The van der Waals surface area contributed by atoms with Gasteiger partial charge in [0, 0.05) is 31.8 Å². The van der Waals surface area contributed by atoms with E-state index < -0.39 is 4.92 Å². The van der Waals surface area contributed by atoms with Gasteiger partial charge < -0.3 is 15.4 Å². The number of rotatable bonds is 8. The normalized spacial score (nSPS) is 12.0. The maximum atomic E-state index is 10.7. The van der Waals surface area contributed by atoms with Crippen LogP contribution in [0.2, 0.25) is 0 Å². The van der Waals surface area contributed by atoms with E-state index in [9.17, 15) is 10.1 Å². The lowest BCUT2D eigenvalue weighted by molar-refractivity contribution is -0.384. The van der Waals surface area contributed by atoms with E-state index in [0.717, 1.165) is 11.1 Å². The molecule has 146 valence electrons. The number of hydrogen-bond acceptors (Lipinski definition) is 4. The van der Waals surface area contributed by atoms with Crippen LogP contribution in [-0.4, -0.2) is 30.6 Å². The van der Waals surface area contributed by atoms with Crippen molar-refractivity contribution in [3.8, 4) is 0 Å². The second kappa shape index (κ2) is 12.2. The predicted molar refractivity (Wildman–Crippen MR) is 117 cm³/mol. The second-order valence-electron chi connectivity index (χ2n) is 5.93. The number of hydrogen-bond donors (Lipinski definition) is 2. The van der Waals surface area contributed by atoms with Gasteiger partial charge in [0.1, 0.15) is 0 Å². The van der Waals surface area contributed by atoms with Crippen molar-refractivity contribution in [3.63, 3.8) is 0 Å². The van der Waals surface area contributed by atoms with Crippen molar-refractivity contribution in [2.45, 2.75) is 26.1 Å². The largest absolute Gasteiger partial charge is 0.383 e. The number of nitrogens with zero attached hydrogens (tertiary/aromatic N) is 2. The topological polar surface area (TPSA) is 88.8 Å². The number of non-ortho nitro benzene ring substituents is 1. The monoisotopic (exact) mass is 484 g/mol. The number of nitrogens with one attached hydrogen (secondary N) is 2. The highest BCUT2D eigenvalue weighted by atomic mass is 127. The smallest absolute Gasteiger partial charge is 0.269 e. The fourth-order valence-electron chi connectivity index (χ4n) is 2.35. The van der Waals surface area contributed by atoms with Crippen LogP contribution < -0.4 is 10.6 Å². The number of benzene rings is 2. The molecule has 2 N–H and O–H groups in total. The summed E-state index contributed by atoms with van der Waals surface area (Å²) in [6.07, 6.45) is 0. The lowest BCUT2D eigenvalue weighted by Crippen LogP contribution is -2.43. The summed E-state index contributed by atoms with van der Waals surface area (Å²) >= 11 is 0. The van der Waals surface area contributed by atoms with Gasteiger partial charge in [-0.25, -0.2) is 4.99 Å². The molecule has 0 spiro atoms. The van der Waals surface area contributed by atoms with E-state index in [1.807, 2.05) is 37.3 Å². The molecule has 0 saturated heterocycles. The fourth-order valence-corrected chi connectivity index (χ4v) is 2.35. The Morgan fingerprint density at radius 1 is 1.15 bits per heavy atom. The Kier molecular flexibility index (Phi) is 10.3. The second-order valence-corrected chi connectivity index (χ2v) is 5.93. The van der Waals surface area contributed by atoms with E-state index in [-0.39, 0.29) is 35.7 Å². The predicted octanol–water partition coefficient (Wildman–Crippen LogP) is 3.48. The number of nitro groups is 1. The Labute approximate surface area is 176 Å². The van der Waals surface area contributed by atoms with Gasteiger partial charge >= 0.3 is 0 Å². The highest BCUT2D eigenvalue weighted by Gasteiger charge is 2.07. The van der Waals surface area contributed by atoms with Gasteiger partial charge in [0.15, 0.2) is 5.96 Å². The summed E-state index contributed by atoms with van der Waals surface area (Å²) in [4.78, 5) is 14.9. The van der Waals surface area contributed by atoms with Crippen LogP contribution in [0.15, 0.2) is 59.6 Å². The van der Waals surface area contributed by atoms with Crippen LogP contribution in [-0.2, 0) is 17.8 Å². The van der Waals surface area contributed by atoms with E-state index in [2.05, 4.69) is 15.6 Å². The average molecular weight is 484 g/mol. The molecule has 2 aromatic rings. The first-order valence-electron chi connectivity index (χ1n) is 8.39. The number of guanidine groups is 1. The molecular formula is C19H25IN4O3. The van der Waals surface area contributed by atoms with E-state index in [1.54, 1.807) is 19.2 Å². The average Bonchev–Trinajstić information content (AvgIpc) is 2.65. The number of methoxy groups -OCH3 is 1. The first-order chi connectivity index (χ1) is 12.6. The summed E-state index contributed by atoms with van der Waals surface area (Å²) in [6.45, 7) is 3.63. The number of nitro benzene ring substituents is 1. The molecule has 0 amide bonds. The Bertz CT molecular complexity index is 723. The van der Waals surface area contributed by atoms with Crippen molar-refractivity contribution in [2.24, 2.45) is 4.99 Å². The van der Waals surface area contributed by atoms with Gasteiger partial charge in [-0.3, -0.25) is 10.1 Å². The SMILES string of the molecule is COCC(C)NC(=NCc1ccccc1)NCc1ccc([N+](=O)[O-])cc1.I. The highest BCUT2D eigenvalue weighted by Crippen LogP contribution is 2.11. The van der Waals surface area contributed by atoms with Gasteiger partial charge in [-0.05, 0) is 18.1 Å². The van der Waals surface area contributed by atoms with E-state index in [0.29, 0.717) is 25.7 Å². The molecule has 27 heavy (non-hydrogen) atoms. The molecule has 2 aromatic carbocycles. The van der Waals surface area contributed by atoms with Crippen molar-refractivity contribution in [1.82, 2.24) is 10.6 Å². The molecule has 1 unspecified atom stereocenters. The summed E-state index contributed by atoms with van der Waals surface area (Å²) in [5, 5.41) is 17.3. The fraction of sp³-hybridized carbons (Fsp3) is 0.316. The molecule has 0 heterocycles. The Morgan fingerprint density at radius 2 is 1.81 bits per heavy atom. The van der Waals surface area contributed by atoms with Crippen LogP contribution in [0.4, 0.5) is 5.69 Å². The molecule has 0 saturated carbocycles. The summed E-state index contributed by atoms with van der Waals surface area (Å²) in [7, 11) is 1.66. The molecule has 2 rings (SSSR count). The molecule has 7 nitrogen and oxygen atoms in total. The zero-order valence-corrected chi connectivity index (χ0v) is 17.8. The zero-order chi connectivity index (χ0) is 18.8. The van der Waals surface area contributed by atoms with Crippen LogP contribution in [0.25, 0.3) is 0 Å². The quantitative estimate of drug-likeness (QED) is 0.197. The summed E-state index contributed by atoms with van der Waals surface area (Å²) in [5.41, 5.74) is 2.13. The molecule has 0 aliphatic heterocycles. The van der Waals surface area contributed by atoms with E-state index in [4.69, 9.17) is 4.74 Å². The van der Waals surface area contributed by atoms with Crippen molar-refractivity contribution in [3.05, 3.63) is 75.8 Å². The van der Waals surface area contributed by atoms with Gasteiger partial charge in [0.2, 0.25) is 0 Å².